The molecule has 1 N–H and O–H groups in total. The molecule has 24 heavy (non-hydrogen) atoms. The number of nitrogens with one attached hydrogen (secondary N) is 1. The van der Waals surface area contributed by atoms with Gasteiger partial charge in [0, 0.05) is 18.3 Å². The summed E-state index contributed by atoms with van der Waals surface area (Å²) in [7, 11) is 0. The SMILES string of the molecule is CC(=O)NCc1cccc(C2CCCN2C(=O)c2ccc(C)s2)n1. The summed E-state index contributed by atoms with van der Waals surface area (Å²) in [5.41, 5.74) is 1.71. The molecule has 5 nitrogen and oxygen atoms in total. The van der Waals surface area contributed by atoms with E-state index in [4.69, 9.17) is 0 Å². The van der Waals surface area contributed by atoms with Gasteiger partial charge in [0.25, 0.3) is 5.91 Å². The molecule has 126 valence electrons. The molecule has 2 amide bonds. The molecular weight excluding hydrogens is 322 g/mol. The molecule has 1 fully saturated rings. The van der Waals surface area contributed by atoms with Crippen molar-refractivity contribution in [2.75, 3.05) is 6.54 Å². The monoisotopic (exact) mass is 343 g/mol. The van der Waals surface area contributed by atoms with Crippen molar-refractivity contribution in [1.82, 2.24) is 15.2 Å². The van der Waals surface area contributed by atoms with Crippen LogP contribution in [-0.4, -0.2) is 28.2 Å². The van der Waals surface area contributed by atoms with Crippen LogP contribution in [0.15, 0.2) is 30.3 Å². The second-order valence-corrected chi connectivity index (χ2v) is 7.32. The van der Waals surface area contributed by atoms with Gasteiger partial charge in [-0.3, -0.25) is 14.6 Å². The van der Waals surface area contributed by atoms with Gasteiger partial charge in [-0.1, -0.05) is 6.07 Å². The average molecular weight is 343 g/mol. The smallest absolute Gasteiger partial charge is 0.264 e. The Morgan fingerprint density at radius 3 is 2.88 bits per heavy atom. The predicted molar refractivity (Wildman–Crippen MR) is 93.8 cm³/mol. The van der Waals surface area contributed by atoms with Gasteiger partial charge < -0.3 is 10.2 Å². The van der Waals surface area contributed by atoms with Crippen molar-refractivity contribution in [2.24, 2.45) is 0 Å². The Morgan fingerprint density at radius 1 is 1.33 bits per heavy atom. The number of carbonyl (C=O) groups is 2. The number of aryl methyl sites for hydroxylation is 1. The van der Waals surface area contributed by atoms with Crippen molar-refractivity contribution in [3.63, 3.8) is 0 Å². The average Bonchev–Trinajstić information content (AvgIpc) is 3.21. The van der Waals surface area contributed by atoms with Crippen molar-refractivity contribution >= 4 is 23.2 Å². The summed E-state index contributed by atoms with van der Waals surface area (Å²) in [6, 6.07) is 9.69. The minimum atomic E-state index is -0.0760. The molecule has 0 bridgehead atoms. The third-order valence-corrected chi connectivity index (χ3v) is 5.14. The van der Waals surface area contributed by atoms with Gasteiger partial charge in [0.1, 0.15) is 0 Å². The first-order valence-corrected chi connectivity index (χ1v) is 8.94. The maximum absolute atomic E-state index is 12.8. The van der Waals surface area contributed by atoms with Crippen molar-refractivity contribution in [1.29, 1.82) is 0 Å². The number of carbonyl (C=O) groups excluding carboxylic acids is 2. The third-order valence-electron chi connectivity index (χ3n) is 4.15. The fourth-order valence-electron chi connectivity index (χ4n) is 3.01. The van der Waals surface area contributed by atoms with E-state index in [1.807, 2.05) is 42.2 Å². The van der Waals surface area contributed by atoms with Gasteiger partial charge in [-0.05, 0) is 44.0 Å². The lowest BCUT2D eigenvalue weighted by molar-refractivity contribution is -0.119. The largest absolute Gasteiger partial charge is 0.351 e. The lowest BCUT2D eigenvalue weighted by atomic mass is 10.1. The summed E-state index contributed by atoms with van der Waals surface area (Å²) >= 11 is 1.54. The normalized spacial score (nSPS) is 17.1. The Kier molecular flexibility index (Phi) is 4.94. The first-order chi connectivity index (χ1) is 11.5. The maximum Gasteiger partial charge on any atom is 0.264 e. The summed E-state index contributed by atoms with van der Waals surface area (Å²) in [4.78, 5) is 32.4. The number of aromatic nitrogens is 1. The van der Waals surface area contributed by atoms with Crippen LogP contribution in [0, 0.1) is 6.92 Å². The maximum atomic E-state index is 12.8. The lowest BCUT2D eigenvalue weighted by Gasteiger charge is -2.24. The molecule has 1 aliphatic rings. The van der Waals surface area contributed by atoms with Gasteiger partial charge in [0.15, 0.2) is 0 Å². The third kappa shape index (κ3) is 3.64. The molecule has 0 saturated carbocycles. The van der Waals surface area contributed by atoms with E-state index in [2.05, 4.69) is 10.3 Å². The highest BCUT2D eigenvalue weighted by molar-refractivity contribution is 7.13. The van der Waals surface area contributed by atoms with Gasteiger partial charge in [0.05, 0.1) is 28.9 Å². The molecule has 0 aliphatic carbocycles. The Hall–Kier alpha value is -2.21. The fraction of sp³-hybridized carbons (Fsp3) is 0.389. The van der Waals surface area contributed by atoms with Gasteiger partial charge in [-0.15, -0.1) is 11.3 Å². The van der Waals surface area contributed by atoms with Crippen LogP contribution < -0.4 is 5.32 Å². The first kappa shape index (κ1) is 16.6. The Morgan fingerprint density at radius 2 is 2.17 bits per heavy atom. The quantitative estimate of drug-likeness (QED) is 0.928. The number of pyridine rings is 1. The molecule has 6 heteroatoms. The number of likely N-dealkylation sites (tertiary alicyclic amines) is 1. The van der Waals surface area contributed by atoms with Crippen LogP contribution in [0.25, 0.3) is 0 Å². The van der Waals surface area contributed by atoms with E-state index in [-0.39, 0.29) is 17.9 Å². The molecular formula is C18H21N3O2S. The second kappa shape index (κ2) is 7.13. The molecule has 2 aromatic heterocycles. The highest BCUT2D eigenvalue weighted by Gasteiger charge is 2.32. The molecule has 0 aromatic carbocycles. The van der Waals surface area contributed by atoms with Crippen molar-refractivity contribution in [2.45, 2.75) is 39.3 Å². The Labute approximate surface area is 145 Å². The van der Waals surface area contributed by atoms with Crippen LogP contribution in [0.2, 0.25) is 0 Å². The predicted octanol–water partition coefficient (Wildman–Crippen LogP) is 3.06. The topological polar surface area (TPSA) is 62.3 Å². The van der Waals surface area contributed by atoms with Crippen LogP contribution in [-0.2, 0) is 11.3 Å². The van der Waals surface area contributed by atoms with E-state index in [0.29, 0.717) is 6.54 Å². The number of thiophene rings is 1. The summed E-state index contributed by atoms with van der Waals surface area (Å²) in [6.07, 6.45) is 1.91. The fourth-order valence-corrected chi connectivity index (χ4v) is 3.83. The number of rotatable bonds is 4. The zero-order valence-electron chi connectivity index (χ0n) is 13.9. The van der Waals surface area contributed by atoms with Crippen LogP contribution in [0.1, 0.15) is 51.7 Å². The van der Waals surface area contributed by atoms with Crippen LogP contribution in [0.3, 0.4) is 0 Å². The summed E-state index contributed by atoms with van der Waals surface area (Å²) < 4.78 is 0. The second-order valence-electron chi connectivity index (χ2n) is 6.03. The summed E-state index contributed by atoms with van der Waals surface area (Å²) in [5, 5.41) is 2.76. The highest BCUT2D eigenvalue weighted by Crippen LogP contribution is 2.33. The minimum absolute atomic E-state index is 0.0113. The zero-order chi connectivity index (χ0) is 17.1. The van der Waals surface area contributed by atoms with Crippen molar-refractivity contribution < 1.29 is 9.59 Å². The van der Waals surface area contributed by atoms with E-state index >= 15 is 0 Å². The number of nitrogens with zero attached hydrogens (tertiary/aromatic N) is 2. The standard InChI is InChI=1S/C18H21N3O2S/c1-12-8-9-17(24-12)18(23)21-10-4-7-16(21)15-6-3-5-14(20-15)11-19-13(2)22/h3,5-6,8-9,16H,4,7,10-11H2,1-2H3,(H,19,22). The molecule has 0 spiro atoms. The van der Waals surface area contributed by atoms with Crippen molar-refractivity contribution in [3.05, 3.63) is 51.5 Å². The van der Waals surface area contributed by atoms with E-state index in [9.17, 15) is 9.59 Å². The van der Waals surface area contributed by atoms with Crippen LogP contribution in [0.4, 0.5) is 0 Å². The number of amides is 2. The first-order valence-electron chi connectivity index (χ1n) is 8.12. The molecule has 0 radical (unpaired) electrons. The van der Waals surface area contributed by atoms with E-state index in [0.717, 1.165) is 40.5 Å². The number of hydrogen-bond donors (Lipinski definition) is 1. The van der Waals surface area contributed by atoms with Gasteiger partial charge in [-0.25, -0.2) is 0 Å². The van der Waals surface area contributed by atoms with Gasteiger partial charge >= 0.3 is 0 Å². The van der Waals surface area contributed by atoms with E-state index in [1.165, 1.54) is 18.3 Å². The molecule has 1 saturated heterocycles. The van der Waals surface area contributed by atoms with Gasteiger partial charge in [0.2, 0.25) is 5.91 Å². The molecule has 3 heterocycles. The molecule has 1 unspecified atom stereocenters. The number of hydrogen-bond acceptors (Lipinski definition) is 4. The Bertz CT molecular complexity index is 756. The molecule has 1 atom stereocenters. The van der Waals surface area contributed by atoms with Crippen LogP contribution in [0.5, 0.6) is 0 Å². The van der Waals surface area contributed by atoms with E-state index in [1.54, 1.807) is 0 Å². The molecule has 2 aromatic rings. The summed E-state index contributed by atoms with van der Waals surface area (Å²) in [5.74, 6) is 0.0117. The zero-order valence-corrected chi connectivity index (χ0v) is 14.7. The minimum Gasteiger partial charge on any atom is -0.351 e. The van der Waals surface area contributed by atoms with E-state index < -0.39 is 0 Å². The van der Waals surface area contributed by atoms with Crippen LogP contribution >= 0.6 is 11.3 Å². The Balaban J connectivity index is 1.79. The molecule has 1 aliphatic heterocycles. The van der Waals surface area contributed by atoms with Crippen molar-refractivity contribution in [3.8, 4) is 0 Å². The highest BCUT2D eigenvalue weighted by atomic mass is 32.1. The summed E-state index contributed by atoms with van der Waals surface area (Å²) in [6.45, 7) is 4.67. The van der Waals surface area contributed by atoms with Gasteiger partial charge in [-0.2, -0.15) is 0 Å². The molecule has 3 rings (SSSR count). The lowest BCUT2D eigenvalue weighted by Crippen LogP contribution is -2.30.